The summed E-state index contributed by atoms with van der Waals surface area (Å²) in [5, 5.41) is 12.5. The first-order chi connectivity index (χ1) is 10.6. The minimum atomic E-state index is -0.366. The molecule has 2 amide bonds. The lowest BCUT2D eigenvalue weighted by atomic mass is 10.2. The van der Waals surface area contributed by atoms with Gasteiger partial charge in [0.05, 0.1) is 0 Å². The van der Waals surface area contributed by atoms with Gasteiger partial charge in [0.2, 0.25) is 5.89 Å². The van der Waals surface area contributed by atoms with Crippen LogP contribution in [-0.2, 0) is 6.42 Å². The molecule has 1 aromatic heterocycles. The van der Waals surface area contributed by atoms with Crippen molar-refractivity contribution in [3.05, 3.63) is 42.0 Å². The van der Waals surface area contributed by atoms with Gasteiger partial charge in [-0.3, -0.25) is 0 Å². The van der Waals surface area contributed by atoms with Crippen molar-refractivity contribution in [3.8, 4) is 0 Å². The fourth-order valence-corrected chi connectivity index (χ4v) is 1.85. The van der Waals surface area contributed by atoms with Crippen LogP contribution >= 0.6 is 0 Å². The van der Waals surface area contributed by atoms with Crippen LogP contribution in [0.25, 0.3) is 0 Å². The van der Waals surface area contributed by atoms with Crippen LogP contribution in [0, 0.1) is 0 Å². The highest BCUT2D eigenvalue weighted by Crippen LogP contribution is 2.11. The number of benzene rings is 1. The van der Waals surface area contributed by atoms with E-state index in [1.54, 1.807) is 6.92 Å². The quantitative estimate of drug-likeness (QED) is 0.760. The van der Waals surface area contributed by atoms with E-state index in [1.807, 2.05) is 44.3 Å². The number of nitrogens with one attached hydrogen (secondary N) is 3. The summed E-state index contributed by atoms with van der Waals surface area (Å²) in [6.45, 7) is 3.83. The molecule has 0 saturated heterocycles. The number of nitrogens with zero attached hydrogens (tertiary/aromatic N) is 2. The summed E-state index contributed by atoms with van der Waals surface area (Å²) in [6.07, 6.45) is 0.670. The Hall–Kier alpha value is -2.41. The van der Waals surface area contributed by atoms with E-state index in [1.165, 1.54) is 0 Å². The molecule has 0 aliphatic carbocycles. The topological polar surface area (TPSA) is 92.1 Å². The summed E-state index contributed by atoms with van der Waals surface area (Å²) in [7, 11) is 1.88. The Balaban J connectivity index is 1.89. The zero-order valence-electron chi connectivity index (χ0n) is 13.0. The maximum atomic E-state index is 11.9. The molecule has 0 spiro atoms. The normalized spacial score (nSPS) is 13.4. The van der Waals surface area contributed by atoms with Gasteiger partial charge < -0.3 is 20.5 Å². The van der Waals surface area contributed by atoms with E-state index in [4.69, 9.17) is 4.52 Å². The first-order valence-electron chi connectivity index (χ1n) is 7.20. The Morgan fingerprint density at radius 3 is 2.68 bits per heavy atom. The number of carbonyl (C=O) groups excluding carboxylic acids is 1. The molecule has 2 aromatic rings. The van der Waals surface area contributed by atoms with E-state index in [2.05, 4.69) is 26.1 Å². The second-order valence-corrected chi connectivity index (χ2v) is 5.13. The lowest BCUT2D eigenvalue weighted by Gasteiger charge is -2.11. The minimum Gasteiger partial charge on any atom is -0.337 e. The van der Waals surface area contributed by atoms with E-state index in [0.29, 0.717) is 18.1 Å². The third-order valence-corrected chi connectivity index (χ3v) is 3.22. The number of carbonyl (C=O) groups is 1. The number of likely N-dealkylation sites (N-methyl/N-ethyl adjacent to an activating group) is 1. The second-order valence-electron chi connectivity index (χ2n) is 5.13. The molecule has 7 heteroatoms. The predicted molar refractivity (Wildman–Crippen MR) is 83.5 cm³/mol. The third-order valence-electron chi connectivity index (χ3n) is 3.22. The second kappa shape index (κ2) is 7.56. The third kappa shape index (κ3) is 4.56. The molecule has 2 rings (SSSR count). The Morgan fingerprint density at radius 2 is 2.00 bits per heavy atom. The molecule has 1 aromatic carbocycles. The molecular weight excluding hydrogens is 282 g/mol. The number of aromatic nitrogens is 2. The molecular formula is C15H21N5O2. The van der Waals surface area contributed by atoms with Crippen molar-refractivity contribution in [2.75, 3.05) is 12.4 Å². The largest absolute Gasteiger partial charge is 0.337 e. The Bertz CT molecular complexity index is 599. The highest BCUT2D eigenvalue weighted by molar-refractivity contribution is 5.89. The summed E-state index contributed by atoms with van der Waals surface area (Å²) in [5.74, 6) is 1.01. The molecule has 2 unspecified atom stereocenters. The fraction of sp³-hybridized carbons (Fsp3) is 0.400. The lowest BCUT2D eigenvalue weighted by molar-refractivity contribution is 0.245. The summed E-state index contributed by atoms with van der Waals surface area (Å²) in [6, 6.07) is 8.80. The average Bonchev–Trinajstić information content (AvgIpc) is 2.96. The summed E-state index contributed by atoms with van der Waals surface area (Å²) >= 11 is 0. The first-order valence-corrected chi connectivity index (χ1v) is 7.20. The van der Waals surface area contributed by atoms with Gasteiger partial charge in [0, 0.05) is 18.2 Å². The standard InChI is InChI=1S/C15H21N5O2/c1-10(16-3)9-13-19-14(22-20-13)11(2)17-15(21)18-12-7-5-4-6-8-12/h4-8,10-11,16H,9H2,1-3H3,(H2,17,18,21). The van der Waals surface area contributed by atoms with E-state index >= 15 is 0 Å². The summed E-state index contributed by atoms with van der Waals surface area (Å²) < 4.78 is 5.19. The van der Waals surface area contributed by atoms with Crippen molar-refractivity contribution >= 4 is 11.7 Å². The van der Waals surface area contributed by atoms with Gasteiger partial charge in [-0.1, -0.05) is 23.4 Å². The first kappa shape index (κ1) is 16.0. The Labute approximate surface area is 129 Å². The van der Waals surface area contributed by atoms with Crippen LogP contribution in [0.15, 0.2) is 34.9 Å². The van der Waals surface area contributed by atoms with Gasteiger partial charge >= 0.3 is 6.03 Å². The zero-order valence-corrected chi connectivity index (χ0v) is 13.0. The number of para-hydroxylation sites is 1. The van der Waals surface area contributed by atoms with E-state index in [9.17, 15) is 4.79 Å². The molecule has 1 heterocycles. The van der Waals surface area contributed by atoms with Gasteiger partial charge in [-0.25, -0.2) is 4.79 Å². The van der Waals surface area contributed by atoms with Gasteiger partial charge in [-0.2, -0.15) is 4.98 Å². The average molecular weight is 303 g/mol. The Kier molecular flexibility index (Phi) is 5.48. The minimum absolute atomic E-state index is 0.259. The molecule has 118 valence electrons. The number of rotatable bonds is 6. The van der Waals surface area contributed by atoms with Crippen LogP contribution in [0.4, 0.5) is 10.5 Å². The van der Waals surface area contributed by atoms with Crippen molar-refractivity contribution in [2.45, 2.75) is 32.4 Å². The van der Waals surface area contributed by atoms with Gasteiger partial charge in [-0.05, 0) is 33.0 Å². The van der Waals surface area contributed by atoms with Crippen molar-refractivity contribution in [1.29, 1.82) is 0 Å². The maximum absolute atomic E-state index is 11.9. The van der Waals surface area contributed by atoms with Crippen LogP contribution in [0.2, 0.25) is 0 Å². The lowest BCUT2D eigenvalue weighted by Crippen LogP contribution is -2.31. The van der Waals surface area contributed by atoms with Gasteiger partial charge in [0.25, 0.3) is 0 Å². The van der Waals surface area contributed by atoms with Gasteiger partial charge in [-0.15, -0.1) is 0 Å². The summed E-state index contributed by atoms with van der Waals surface area (Å²) in [4.78, 5) is 16.2. The predicted octanol–water partition coefficient (Wildman–Crippen LogP) is 2.10. The maximum Gasteiger partial charge on any atom is 0.319 e. The Morgan fingerprint density at radius 1 is 1.27 bits per heavy atom. The number of hydrogen-bond donors (Lipinski definition) is 3. The van der Waals surface area contributed by atoms with Crippen LogP contribution in [0.3, 0.4) is 0 Å². The molecule has 7 nitrogen and oxygen atoms in total. The molecule has 22 heavy (non-hydrogen) atoms. The fourth-order valence-electron chi connectivity index (χ4n) is 1.85. The van der Waals surface area contributed by atoms with Crippen LogP contribution in [-0.4, -0.2) is 29.3 Å². The van der Waals surface area contributed by atoms with E-state index < -0.39 is 0 Å². The highest BCUT2D eigenvalue weighted by Gasteiger charge is 2.17. The molecule has 0 saturated carbocycles. The van der Waals surface area contributed by atoms with Crippen molar-refractivity contribution in [2.24, 2.45) is 0 Å². The molecule has 2 atom stereocenters. The van der Waals surface area contributed by atoms with Crippen LogP contribution in [0.5, 0.6) is 0 Å². The number of anilines is 1. The van der Waals surface area contributed by atoms with Crippen LogP contribution in [0.1, 0.15) is 31.6 Å². The van der Waals surface area contributed by atoms with Crippen molar-refractivity contribution < 1.29 is 9.32 Å². The summed E-state index contributed by atoms with van der Waals surface area (Å²) in [5.41, 5.74) is 0.723. The molecule has 3 N–H and O–H groups in total. The number of amides is 2. The molecule has 0 radical (unpaired) electrons. The molecule has 0 fully saturated rings. The van der Waals surface area contributed by atoms with Crippen molar-refractivity contribution in [3.63, 3.8) is 0 Å². The van der Waals surface area contributed by atoms with E-state index in [0.717, 1.165) is 5.69 Å². The molecule has 0 aliphatic heterocycles. The molecule has 0 aliphatic rings. The van der Waals surface area contributed by atoms with Gasteiger partial charge in [0.1, 0.15) is 6.04 Å². The SMILES string of the molecule is CNC(C)Cc1noc(C(C)NC(=O)Nc2ccccc2)n1. The zero-order chi connectivity index (χ0) is 15.9. The van der Waals surface area contributed by atoms with Crippen LogP contribution < -0.4 is 16.0 Å². The smallest absolute Gasteiger partial charge is 0.319 e. The highest BCUT2D eigenvalue weighted by atomic mass is 16.5. The number of hydrogen-bond acceptors (Lipinski definition) is 5. The van der Waals surface area contributed by atoms with E-state index in [-0.39, 0.29) is 18.1 Å². The van der Waals surface area contributed by atoms with Gasteiger partial charge in [0.15, 0.2) is 5.82 Å². The monoisotopic (exact) mass is 303 g/mol. The van der Waals surface area contributed by atoms with Crippen molar-refractivity contribution in [1.82, 2.24) is 20.8 Å². The number of urea groups is 1. The molecule has 0 bridgehead atoms.